The van der Waals surface area contributed by atoms with E-state index < -0.39 is 17.6 Å². The van der Waals surface area contributed by atoms with Crippen molar-refractivity contribution < 1.29 is 17.9 Å². The molecular formula is C11H17F3N2O. The van der Waals surface area contributed by atoms with Crippen LogP contribution in [-0.2, 0) is 4.74 Å². The summed E-state index contributed by atoms with van der Waals surface area (Å²) in [5.74, 6) is -1.37. The van der Waals surface area contributed by atoms with Crippen LogP contribution in [0.2, 0.25) is 0 Å². The van der Waals surface area contributed by atoms with Crippen LogP contribution in [0.5, 0.6) is 0 Å². The van der Waals surface area contributed by atoms with Crippen LogP contribution in [0, 0.1) is 17.2 Å². The number of hydrogen-bond acceptors (Lipinski definition) is 3. The first-order valence-corrected chi connectivity index (χ1v) is 5.65. The first-order valence-electron chi connectivity index (χ1n) is 5.65. The number of hydrogen-bond donors (Lipinski definition) is 1. The number of alkyl halides is 3. The molecule has 0 spiro atoms. The fourth-order valence-electron chi connectivity index (χ4n) is 2.25. The van der Waals surface area contributed by atoms with Gasteiger partial charge in [0.25, 0.3) is 0 Å². The minimum absolute atomic E-state index is 0.124. The smallest absolute Gasteiger partial charge is 0.383 e. The van der Waals surface area contributed by atoms with Crippen molar-refractivity contribution in [2.24, 2.45) is 5.92 Å². The molecule has 2 unspecified atom stereocenters. The Hall–Kier alpha value is -0.800. The van der Waals surface area contributed by atoms with Crippen molar-refractivity contribution in [3.63, 3.8) is 0 Å². The van der Waals surface area contributed by atoms with Crippen molar-refractivity contribution in [3.05, 3.63) is 0 Å². The molecule has 6 heteroatoms. The zero-order valence-electron chi connectivity index (χ0n) is 9.81. The van der Waals surface area contributed by atoms with Crippen molar-refractivity contribution >= 4 is 0 Å². The van der Waals surface area contributed by atoms with Gasteiger partial charge in [-0.25, -0.2) is 0 Å². The number of halogens is 3. The molecular weight excluding hydrogens is 233 g/mol. The predicted octanol–water partition coefficient (Wildman–Crippen LogP) is 2.24. The Morgan fingerprint density at radius 2 is 2.24 bits per heavy atom. The fraction of sp³-hybridized carbons (Fsp3) is 0.909. The van der Waals surface area contributed by atoms with Crippen LogP contribution in [0.25, 0.3) is 0 Å². The van der Waals surface area contributed by atoms with E-state index >= 15 is 0 Å². The Labute approximate surface area is 98.9 Å². The van der Waals surface area contributed by atoms with Gasteiger partial charge in [0, 0.05) is 13.7 Å². The molecule has 2 atom stereocenters. The van der Waals surface area contributed by atoms with Crippen LogP contribution < -0.4 is 5.32 Å². The molecule has 0 bridgehead atoms. The minimum Gasteiger partial charge on any atom is -0.383 e. The van der Waals surface area contributed by atoms with Gasteiger partial charge in [0.1, 0.15) is 5.54 Å². The number of ether oxygens (including phenoxy) is 1. The third-order valence-electron chi connectivity index (χ3n) is 3.20. The molecule has 1 N–H and O–H groups in total. The SMILES string of the molecule is COCCNC1(C#N)CCCC(C(F)(F)F)C1. The number of nitrogens with zero attached hydrogens (tertiary/aromatic N) is 1. The van der Waals surface area contributed by atoms with E-state index in [0.29, 0.717) is 26.0 Å². The number of rotatable bonds is 4. The van der Waals surface area contributed by atoms with Crippen LogP contribution in [0.4, 0.5) is 13.2 Å². The molecule has 98 valence electrons. The Morgan fingerprint density at radius 1 is 1.53 bits per heavy atom. The Bertz CT molecular complexity index is 287. The van der Waals surface area contributed by atoms with Crippen LogP contribution in [0.3, 0.4) is 0 Å². The Kier molecular flexibility index (Phi) is 4.78. The summed E-state index contributed by atoms with van der Waals surface area (Å²) in [6.45, 7) is 0.786. The molecule has 0 heterocycles. The summed E-state index contributed by atoms with van der Waals surface area (Å²) < 4.78 is 42.8. The van der Waals surface area contributed by atoms with Gasteiger partial charge in [0.15, 0.2) is 0 Å². The summed E-state index contributed by atoms with van der Waals surface area (Å²) in [7, 11) is 1.51. The highest BCUT2D eigenvalue weighted by molar-refractivity contribution is 5.10. The van der Waals surface area contributed by atoms with E-state index in [0.717, 1.165) is 0 Å². The summed E-state index contributed by atoms with van der Waals surface area (Å²) in [6.07, 6.45) is -3.33. The summed E-state index contributed by atoms with van der Waals surface area (Å²) >= 11 is 0. The molecule has 1 fully saturated rings. The largest absolute Gasteiger partial charge is 0.391 e. The topological polar surface area (TPSA) is 45.0 Å². The molecule has 3 nitrogen and oxygen atoms in total. The van der Waals surface area contributed by atoms with Gasteiger partial charge in [-0.2, -0.15) is 18.4 Å². The Balaban J connectivity index is 2.63. The highest BCUT2D eigenvalue weighted by atomic mass is 19.4. The second-order valence-corrected chi connectivity index (χ2v) is 4.45. The summed E-state index contributed by atoms with van der Waals surface area (Å²) in [4.78, 5) is 0. The molecule has 17 heavy (non-hydrogen) atoms. The van der Waals surface area contributed by atoms with E-state index in [9.17, 15) is 13.2 Å². The highest BCUT2D eigenvalue weighted by Gasteiger charge is 2.47. The molecule has 0 aromatic heterocycles. The van der Waals surface area contributed by atoms with E-state index in [2.05, 4.69) is 5.32 Å². The number of nitriles is 1. The summed E-state index contributed by atoms with van der Waals surface area (Å²) in [6, 6.07) is 2.01. The molecule has 0 aliphatic heterocycles. The maximum Gasteiger partial charge on any atom is 0.391 e. The third kappa shape index (κ3) is 3.86. The highest BCUT2D eigenvalue weighted by Crippen LogP contribution is 2.41. The Morgan fingerprint density at radius 3 is 2.76 bits per heavy atom. The lowest BCUT2D eigenvalue weighted by Crippen LogP contribution is -2.50. The molecule has 0 saturated heterocycles. The standard InChI is InChI=1S/C11H17F3N2O/c1-17-6-5-16-10(8-15)4-2-3-9(7-10)11(12,13)14/h9,16H,2-7H2,1H3. The monoisotopic (exact) mass is 250 g/mol. The van der Waals surface area contributed by atoms with Crippen LogP contribution >= 0.6 is 0 Å². The van der Waals surface area contributed by atoms with Crippen molar-refractivity contribution in [1.29, 1.82) is 5.26 Å². The van der Waals surface area contributed by atoms with Gasteiger partial charge in [-0.05, 0) is 25.7 Å². The first kappa shape index (κ1) is 14.3. The van der Waals surface area contributed by atoms with Gasteiger partial charge in [0.05, 0.1) is 18.6 Å². The third-order valence-corrected chi connectivity index (χ3v) is 3.20. The quantitative estimate of drug-likeness (QED) is 0.778. The van der Waals surface area contributed by atoms with Crippen LogP contribution in [-0.4, -0.2) is 32.0 Å². The van der Waals surface area contributed by atoms with E-state index in [1.807, 2.05) is 6.07 Å². The zero-order valence-corrected chi connectivity index (χ0v) is 9.81. The lowest BCUT2D eigenvalue weighted by atomic mass is 9.76. The van der Waals surface area contributed by atoms with Gasteiger partial charge in [-0.15, -0.1) is 0 Å². The lowest BCUT2D eigenvalue weighted by molar-refractivity contribution is -0.186. The van der Waals surface area contributed by atoms with Gasteiger partial charge >= 0.3 is 6.18 Å². The maximum atomic E-state index is 12.6. The van der Waals surface area contributed by atoms with Gasteiger partial charge in [-0.3, -0.25) is 5.32 Å². The van der Waals surface area contributed by atoms with E-state index in [1.54, 1.807) is 0 Å². The first-order chi connectivity index (χ1) is 7.93. The molecule has 1 saturated carbocycles. The van der Waals surface area contributed by atoms with Crippen molar-refractivity contribution in [2.45, 2.75) is 37.4 Å². The molecule has 0 amide bonds. The second-order valence-electron chi connectivity index (χ2n) is 4.45. The molecule has 0 radical (unpaired) electrons. The number of nitrogens with one attached hydrogen (secondary N) is 1. The van der Waals surface area contributed by atoms with E-state index in [4.69, 9.17) is 10.00 Å². The van der Waals surface area contributed by atoms with E-state index in [1.165, 1.54) is 7.11 Å². The van der Waals surface area contributed by atoms with E-state index in [-0.39, 0.29) is 12.8 Å². The molecule has 1 rings (SSSR count). The van der Waals surface area contributed by atoms with Crippen molar-refractivity contribution in [2.75, 3.05) is 20.3 Å². The average molecular weight is 250 g/mol. The predicted molar refractivity (Wildman–Crippen MR) is 56.2 cm³/mol. The van der Waals surface area contributed by atoms with Gasteiger partial charge < -0.3 is 4.74 Å². The van der Waals surface area contributed by atoms with Crippen molar-refractivity contribution in [1.82, 2.24) is 5.32 Å². The average Bonchev–Trinajstić information content (AvgIpc) is 2.29. The van der Waals surface area contributed by atoms with Gasteiger partial charge in [-0.1, -0.05) is 0 Å². The van der Waals surface area contributed by atoms with Crippen molar-refractivity contribution in [3.8, 4) is 6.07 Å². The second kappa shape index (κ2) is 5.69. The lowest BCUT2D eigenvalue weighted by Gasteiger charge is -2.37. The zero-order chi connectivity index (χ0) is 12.9. The maximum absolute atomic E-state index is 12.6. The normalized spacial score (nSPS) is 29.9. The molecule has 0 aromatic carbocycles. The van der Waals surface area contributed by atoms with Gasteiger partial charge in [0.2, 0.25) is 0 Å². The van der Waals surface area contributed by atoms with Crippen LogP contribution in [0.1, 0.15) is 25.7 Å². The molecule has 1 aliphatic rings. The number of methoxy groups -OCH3 is 1. The summed E-state index contributed by atoms with van der Waals surface area (Å²) in [5, 5.41) is 12.0. The summed E-state index contributed by atoms with van der Waals surface area (Å²) in [5.41, 5.74) is -1.04. The molecule has 1 aliphatic carbocycles. The molecule has 0 aromatic rings. The van der Waals surface area contributed by atoms with Crippen LogP contribution in [0.15, 0.2) is 0 Å². The minimum atomic E-state index is -4.20. The fourth-order valence-corrected chi connectivity index (χ4v) is 2.25.